The van der Waals surface area contributed by atoms with Crippen molar-refractivity contribution in [3.8, 4) is 5.75 Å². The van der Waals surface area contributed by atoms with Crippen LogP contribution in [0.25, 0.3) is 0 Å². The first kappa shape index (κ1) is 11.1. The van der Waals surface area contributed by atoms with Gasteiger partial charge in [-0.15, -0.1) is 0 Å². The van der Waals surface area contributed by atoms with Crippen LogP contribution in [0.2, 0.25) is 0 Å². The van der Waals surface area contributed by atoms with Gasteiger partial charge < -0.3 is 5.11 Å². The Kier molecular flexibility index (Phi) is 3.56. The van der Waals surface area contributed by atoms with Crippen LogP contribution in [-0.4, -0.2) is 5.11 Å². The van der Waals surface area contributed by atoms with Crippen LogP contribution in [0.3, 0.4) is 0 Å². The number of aromatic hydroxyl groups is 1. The van der Waals surface area contributed by atoms with Crippen LogP contribution < -0.4 is 0 Å². The molecule has 0 aliphatic heterocycles. The molecule has 78 valence electrons. The Morgan fingerprint density at radius 1 is 1.14 bits per heavy atom. The minimum absolute atomic E-state index is 0.318. The van der Waals surface area contributed by atoms with E-state index in [0.717, 1.165) is 24.8 Å². The predicted molar refractivity (Wildman–Crippen MR) is 60.5 cm³/mol. The largest absolute Gasteiger partial charge is 0.508 e. The Morgan fingerprint density at radius 2 is 1.71 bits per heavy atom. The maximum atomic E-state index is 9.66. The van der Waals surface area contributed by atoms with Gasteiger partial charge in [0.1, 0.15) is 5.75 Å². The van der Waals surface area contributed by atoms with Gasteiger partial charge >= 0.3 is 0 Å². The summed E-state index contributed by atoms with van der Waals surface area (Å²) in [6, 6.07) is 7.63. The van der Waals surface area contributed by atoms with Crippen molar-refractivity contribution >= 4 is 0 Å². The van der Waals surface area contributed by atoms with E-state index in [1.165, 1.54) is 0 Å². The lowest BCUT2D eigenvalue weighted by molar-refractivity contribution is 0.291. The van der Waals surface area contributed by atoms with Gasteiger partial charge in [-0.25, -0.2) is 0 Å². The number of phenolic OH excluding ortho intramolecular Hbond substituents is 1. The smallest absolute Gasteiger partial charge is 0.118 e. The summed E-state index contributed by atoms with van der Waals surface area (Å²) < 4.78 is 0. The molecule has 0 saturated heterocycles. The summed E-state index contributed by atoms with van der Waals surface area (Å²) in [6.07, 6.45) is 3.27. The van der Waals surface area contributed by atoms with E-state index in [0.29, 0.717) is 11.2 Å². The molecule has 1 aromatic carbocycles. The lowest BCUT2D eigenvalue weighted by Gasteiger charge is -2.26. The second-order valence-electron chi connectivity index (χ2n) is 4.32. The van der Waals surface area contributed by atoms with E-state index in [4.69, 9.17) is 0 Å². The number of rotatable bonds is 4. The highest BCUT2D eigenvalue weighted by molar-refractivity contribution is 5.32. The fourth-order valence-corrected chi connectivity index (χ4v) is 1.62. The fraction of sp³-hybridized carbons (Fsp3) is 0.538. The molecule has 1 N–H and O–H groups in total. The van der Waals surface area contributed by atoms with E-state index < -0.39 is 0 Å². The van der Waals surface area contributed by atoms with Crippen molar-refractivity contribution in [3.63, 3.8) is 0 Å². The molecular formula is C13H20O. The van der Waals surface area contributed by atoms with Crippen LogP contribution >= 0.6 is 0 Å². The van der Waals surface area contributed by atoms with Gasteiger partial charge in [0, 0.05) is 0 Å². The van der Waals surface area contributed by atoms with Gasteiger partial charge in [-0.3, -0.25) is 0 Å². The topological polar surface area (TPSA) is 20.2 Å². The lowest BCUT2D eigenvalue weighted by atomic mass is 9.79. The molecule has 1 nitrogen and oxygen atoms in total. The minimum Gasteiger partial charge on any atom is -0.508 e. The Labute approximate surface area is 86.8 Å². The maximum Gasteiger partial charge on any atom is 0.118 e. The molecule has 0 spiro atoms. The number of hydrogen-bond donors (Lipinski definition) is 1. The first-order valence-corrected chi connectivity index (χ1v) is 5.38. The van der Waals surface area contributed by atoms with Gasteiger partial charge in [0.05, 0.1) is 0 Å². The number of hydrogen-bond acceptors (Lipinski definition) is 1. The van der Waals surface area contributed by atoms with Gasteiger partial charge in [-0.1, -0.05) is 51.8 Å². The second kappa shape index (κ2) is 4.50. The van der Waals surface area contributed by atoms with Gasteiger partial charge in [-0.05, 0) is 23.5 Å². The number of para-hydroxylation sites is 1. The van der Waals surface area contributed by atoms with Crippen molar-refractivity contribution in [1.82, 2.24) is 0 Å². The number of benzene rings is 1. The zero-order chi connectivity index (χ0) is 10.6. The Balaban J connectivity index is 2.82. The Morgan fingerprint density at radius 3 is 2.21 bits per heavy atom. The van der Waals surface area contributed by atoms with Crippen LogP contribution in [0, 0.1) is 5.41 Å². The van der Waals surface area contributed by atoms with Crippen molar-refractivity contribution in [3.05, 3.63) is 29.8 Å². The van der Waals surface area contributed by atoms with Crippen molar-refractivity contribution in [2.75, 3.05) is 0 Å². The highest BCUT2D eigenvalue weighted by Gasteiger charge is 2.21. The Hall–Kier alpha value is -0.980. The van der Waals surface area contributed by atoms with Gasteiger partial charge in [0.15, 0.2) is 0 Å². The van der Waals surface area contributed by atoms with Gasteiger partial charge in [0.25, 0.3) is 0 Å². The van der Waals surface area contributed by atoms with Crippen LogP contribution in [-0.2, 0) is 6.42 Å². The minimum atomic E-state index is 0.318. The highest BCUT2D eigenvalue weighted by Crippen LogP contribution is 2.32. The Bertz CT molecular complexity index is 287. The quantitative estimate of drug-likeness (QED) is 0.770. The molecular weight excluding hydrogens is 172 g/mol. The third kappa shape index (κ3) is 2.50. The van der Waals surface area contributed by atoms with Crippen molar-refractivity contribution in [2.45, 2.75) is 40.0 Å². The molecule has 0 atom stereocenters. The average molecular weight is 192 g/mol. The first-order valence-electron chi connectivity index (χ1n) is 5.38. The third-order valence-corrected chi connectivity index (χ3v) is 3.32. The summed E-state index contributed by atoms with van der Waals surface area (Å²) in [5.41, 5.74) is 1.39. The molecule has 0 radical (unpaired) electrons. The summed E-state index contributed by atoms with van der Waals surface area (Å²) in [7, 11) is 0. The van der Waals surface area contributed by atoms with Crippen LogP contribution in [0.1, 0.15) is 39.2 Å². The molecule has 0 unspecified atom stereocenters. The monoisotopic (exact) mass is 192 g/mol. The molecule has 0 bridgehead atoms. The number of phenols is 1. The zero-order valence-electron chi connectivity index (χ0n) is 9.38. The molecule has 1 heteroatoms. The highest BCUT2D eigenvalue weighted by atomic mass is 16.3. The maximum absolute atomic E-state index is 9.66. The van der Waals surface area contributed by atoms with Gasteiger partial charge in [-0.2, -0.15) is 0 Å². The molecule has 14 heavy (non-hydrogen) atoms. The molecule has 0 fully saturated rings. The predicted octanol–water partition coefficient (Wildman–Crippen LogP) is 3.76. The van der Waals surface area contributed by atoms with E-state index in [1.54, 1.807) is 6.07 Å². The molecule has 0 heterocycles. The van der Waals surface area contributed by atoms with Crippen molar-refractivity contribution in [2.24, 2.45) is 5.41 Å². The van der Waals surface area contributed by atoms with Crippen molar-refractivity contribution < 1.29 is 5.11 Å². The summed E-state index contributed by atoms with van der Waals surface area (Å²) in [4.78, 5) is 0. The molecule has 0 amide bonds. The molecule has 0 aromatic heterocycles. The lowest BCUT2D eigenvalue weighted by Crippen LogP contribution is -2.17. The van der Waals surface area contributed by atoms with Crippen LogP contribution in [0.4, 0.5) is 0 Å². The van der Waals surface area contributed by atoms with E-state index in [1.807, 2.05) is 18.2 Å². The standard InChI is InChI=1S/C13H20O/c1-4-13(3,5-2)10-11-8-6-7-9-12(11)14/h6-9,14H,4-5,10H2,1-3H3. The van der Waals surface area contributed by atoms with Crippen LogP contribution in [0.5, 0.6) is 5.75 Å². The molecule has 1 aromatic rings. The van der Waals surface area contributed by atoms with E-state index >= 15 is 0 Å². The van der Waals surface area contributed by atoms with E-state index in [9.17, 15) is 5.11 Å². The molecule has 1 rings (SSSR count). The zero-order valence-corrected chi connectivity index (χ0v) is 9.38. The third-order valence-electron chi connectivity index (χ3n) is 3.32. The summed E-state index contributed by atoms with van der Waals surface area (Å²) >= 11 is 0. The normalized spacial score (nSPS) is 11.6. The first-order chi connectivity index (χ1) is 6.61. The molecule has 0 aliphatic rings. The summed E-state index contributed by atoms with van der Waals surface area (Å²) in [5.74, 6) is 0.431. The molecule has 0 saturated carbocycles. The summed E-state index contributed by atoms with van der Waals surface area (Å²) in [6.45, 7) is 6.70. The summed E-state index contributed by atoms with van der Waals surface area (Å²) in [5, 5.41) is 9.66. The van der Waals surface area contributed by atoms with Crippen LogP contribution in [0.15, 0.2) is 24.3 Å². The second-order valence-corrected chi connectivity index (χ2v) is 4.32. The molecule has 0 aliphatic carbocycles. The fourth-order valence-electron chi connectivity index (χ4n) is 1.62. The van der Waals surface area contributed by atoms with E-state index in [-0.39, 0.29) is 0 Å². The van der Waals surface area contributed by atoms with Crippen molar-refractivity contribution in [1.29, 1.82) is 0 Å². The van der Waals surface area contributed by atoms with E-state index in [2.05, 4.69) is 20.8 Å². The SMILES string of the molecule is CCC(C)(CC)Cc1ccccc1O. The average Bonchev–Trinajstić information content (AvgIpc) is 2.21. The van der Waals surface area contributed by atoms with Gasteiger partial charge in [0.2, 0.25) is 0 Å².